The van der Waals surface area contributed by atoms with E-state index in [0.717, 1.165) is 16.7 Å². The summed E-state index contributed by atoms with van der Waals surface area (Å²) in [4.78, 5) is 12.8. The van der Waals surface area contributed by atoms with Crippen LogP contribution in [0.25, 0.3) is 33.4 Å². The van der Waals surface area contributed by atoms with Gasteiger partial charge in [0.05, 0.1) is 0 Å². The van der Waals surface area contributed by atoms with Crippen LogP contribution in [-0.4, -0.2) is 15.0 Å². The first-order valence-electron chi connectivity index (χ1n) is 12.4. The highest BCUT2D eigenvalue weighted by Crippen LogP contribution is 2.44. The van der Waals surface area contributed by atoms with Gasteiger partial charge in [0.1, 0.15) is 0 Å². The Hall–Kier alpha value is -4.89. The van der Waals surface area contributed by atoms with Crippen molar-refractivity contribution in [2.24, 2.45) is 0 Å². The first-order chi connectivity index (χ1) is 18.4. The molecule has 0 unspecified atom stereocenters. The van der Waals surface area contributed by atoms with E-state index >= 15 is 0 Å². The molecular weight excluding hydrogens is 450 g/mol. The van der Waals surface area contributed by atoms with Crippen molar-refractivity contribution in [3.05, 3.63) is 163 Å². The lowest BCUT2D eigenvalue weighted by Gasteiger charge is -2.26. The number of rotatable bonds is 6. The predicted octanol–water partition coefficient (Wildman–Crippen LogP) is 8.05. The number of benzene rings is 3. The average Bonchev–Trinajstić information content (AvgIpc) is 2.99. The van der Waals surface area contributed by atoms with Gasteiger partial charge in [-0.15, -0.1) is 0 Å². The van der Waals surface area contributed by atoms with E-state index in [1.54, 1.807) is 0 Å². The average molecular weight is 476 g/mol. The second kappa shape index (κ2) is 10.4. The Morgan fingerprint density at radius 1 is 0.324 bits per heavy atom. The smallest absolute Gasteiger partial charge is 0.0358 e. The van der Waals surface area contributed by atoms with Gasteiger partial charge in [-0.2, -0.15) is 0 Å². The highest BCUT2D eigenvalue weighted by molar-refractivity contribution is 5.78. The zero-order valence-electron chi connectivity index (χ0n) is 20.3. The molecule has 0 aliphatic carbocycles. The molecule has 3 heterocycles. The molecule has 3 nitrogen and oxygen atoms in total. The Labute approximate surface area is 217 Å². The zero-order chi connectivity index (χ0) is 24.9. The van der Waals surface area contributed by atoms with Crippen molar-refractivity contribution < 1.29 is 0 Å². The van der Waals surface area contributed by atoms with Gasteiger partial charge >= 0.3 is 0 Å². The van der Waals surface area contributed by atoms with Gasteiger partial charge in [-0.25, -0.2) is 0 Å². The van der Waals surface area contributed by atoms with Gasteiger partial charge < -0.3 is 0 Å². The fraction of sp³-hybridized carbons (Fsp3) is 0.0294. The monoisotopic (exact) mass is 475 g/mol. The van der Waals surface area contributed by atoms with Crippen LogP contribution < -0.4 is 0 Å². The predicted molar refractivity (Wildman–Crippen MR) is 150 cm³/mol. The Kier molecular flexibility index (Phi) is 6.33. The minimum Gasteiger partial charge on any atom is -0.265 e. The summed E-state index contributed by atoms with van der Waals surface area (Å²) in [6, 6.07) is 38.6. The van der Waals surface area contributed by atoms with Gasteiger partial charge in [-0.1, -0.05) is 72.8 Å². The van der Waals surface area contributed by atoms with E-state index in [1.165, 1.54) is 33.4 Å². The minimum atomic E-state index is -0.0157. The Morgan fingerprint density at radius 2 is 0.595 bits per heavy atom. The van der Waals surface area contributed by atoms with Gasteiger partial charge in [0.25, 0.3) is 0 Å². The standard InChI is InChI=1S/C34H25N3/c1-4-10-31(28(7-1)25-13-19-35-20-14-25)34(32-11-5-2-8-29(32)26-15-21-36-22-16-26)33-12-6-3-9-30(33)27-17-23-37-24-18-27/h1-24,34H. The highest BCUT2D eigenvalue weighted by Gasteiger charge is 2.25. The molecule has 3 aromatic heterocycles. The molecule has 0 aliphatic rings. The number of aromatic nitrogens is 3. The van der Waals surface area contributed by atoms with Crippen LogP contribution >= 0.6 is 0 Å². The lowest BCUT2D eigenvalue weighted by molar-refractivity contribution is 0.984. The quantitative estimate of drug-likeness (QED) is 0.229. The molecule has 0 amide bonds. The minimum absolute atomic E-state index is 0.0157. The molecule has 0 saturated heterocycles. The number of hydrogen-bond acceptors (Lipinski definition) is 3. The maximum absolute atomic E-state index is 4.26. The van der Waals surface area contributed by atoms with Crippen molar-refractivity contribution in [1.29, 1.82) is 0 Å². The Bertz CT molecular complexity index is 1420. The maximum atomic E-state index is 4.26. The van der Waals surface area contributed by atoms with E-state index in [9.17, 15) is 0 Å². The summed E-state index contributed by atoms with van der Waals surface area (Å²) in [5.41, 5.74) is 10.8. The van der Waals surface area contributed by atoms with Gasteiger partial charge in [0.15, 0.2) is 0 Å². The van der Waals surface area contributed by atoms with Crippen LogP contribution in [0.4, 0.5) is 0 Å². The first kappa shape index (κ1) is 22.6. The molecule has 6 rings (SSSR count). The van der Waals surface area contributed by atoms with Crippen molar-refractivity contribution in [1.82, 2.24) is 15.0 Å². The normalized spacial score (nSPS) is 10.9. The Balaban J connectivity index is 1.66. The third kappa shape index (κ3) is 4.55. The fourth-order valence-electron chi connectivity index (χ4n) is 5.13. The van der Waals surface area contributed by atoms with Gasteiger partial charge in [-0.05, 0) is 86.5 Å². The van der Waals surface area contributed by atoms with Crippen LogP contribution in [0.15, 0.2) is 146 Å². The molecule has 0 aliphatic heterocycles. The molecule has 0 saturated carbocycles. The van der Waals surface area contributed by atoms with Crippen molar-refractivity contribution >= 4 is 0 Å². The summed E-state index contributed by atoms with van der Waals surface area (Å²) in [6.45, 7) is 0. The van der Waals surface area contributed by atoms with Crippen molar-refractivity contribution in [2.45, 2.75) is 5.92 Å². The summed E-state index contributed by atoms with van der Waals surface area (Å²) < 4.78 is 0. The van der Waals surface area contributed by atoms with E-state index in [1.807, 2.05) is 37.2 Å². The summed E-state index contributed by atoms with van der Waals surface area (Å²) in [5, 5.41) is 0. The lowest BCUT2D eigenvalue weighted by atomic mass is 9.76. The number of nitrogens with zero attached hydrogens (tertiary/aromatic N) is 3. The maximum Gasteiger partial charge on any atom is 0.0358 e. The molecule has 0 atom stereocenters. The van der Waals surface area contributed by atoms with Crippen LogP contribution in [0, 0.1) is 0 Å². The SMILES string of the molecule is c1ccc(C(c2ccccc2-c2ccncc2)c2ccccc2-c2ccncc2)c(-c2ccncc2)c1. The molecule has 6 aromatic rings. The molecule has 0 N–H and O–H groups in total. The molecule has 37 heavy (non-hydrogen) atoms. The van der Waals surface area contributed by atoms with Gasteiger partial charge in [-0.3, -0.25) is 15.0 Å². The summed E-state index contributed by atoms with van der Waals surface area (Å²) >= 11 is 0. The molecule has 0 spiro atoms. The van der Waals surface area contributed by atoms with Crippen molar-refractivity contribution in [3.63, 3.8) is 0 Å². The summed E-state index contributed by atoms with van der Waals surface area (Å²) in [7, 11) is 0. The third-order valence-corrected chi connectivity index (χ3v) is 6.79. The molecule has 0 radical (unpaired) electrons. The lowest BCUT2D eigenvalue weighted by Crippen LogP contribution is -2.08. The van der Waals surface area contributed by atoms with Crippen LogP contribution in [0.1, 0.15) is 22.6 Å². The Morgan fingerprint density at radius 3 is 0.892 bits per heavy atom. The van der Waals surface area contributed by atoms with E-state index < -0.39 is 0 Å². The summed E-state index contributed by atoms with van der Waals surface area (Å²) in [5.74, 6) is -0.0157. The van der Waals surface area contributed by atoms with Crippen LogP contribution in [0.5, 0.6) is 0 Å². The number of pyridine rings is 3. The second-order valence-electron chi connectivity index (χ2n) is 8.90. The van der Waals surface area contributed by atoms with Crippen molar-refractivity contribution in [2.75, 3.05) is 0 Å². The van der Waals surface area contributed by atoms with Gasteiger partial charge in [0.2, 0.25) is 0 Å². The first-order valence-corrected chi connectivity index (χ1v) is 12.4. The van der Waals surface area contributed by atoms with Crippen molar-refractivity contribution in [3.8, 4) is 33.4 Å². The van der Waals surface area contributed by atoms with E-state index in [0.29, 0.717) is 0 Å². The molecule has 3 aromatic carbocycles. The van der Waals surface area contributed by atoms with Crippen LogP contribution in [0.3, 0.4) is 0 Å². The molecular formula is C34H25N3. The highest BCUT2D eigenvalue weighted by atomic mass is 14.6. The zero-order valence-corrected chi connectivity index (χ0v) is 20.3. The van der Waals surface area contributed by atoms with Crippen LogP contribution in [-0.2, 0) is 0 Å². The summed E-state index contributed by atoms with van der Waals surface area (Å²) in [6.07, 6.45) is 11.1. The molecule has 176 valence electrons. The van der Waals surface area contributed by atoms with E-state index in [4.69, 9.17) is 0 Å². The third-order valence-electron chi connectivity index (χ3n) is 6.79. The molecule has 3 heteroatoms. The number of hydrogen-bond donors (Lipinski definition) is 0. The largest absolute Gasteiger partial charge is 0.265 e. The fourth-order valence-corrected chi connectivity index (χ4v) is 5.13. The molecule has 0 bridgehead atoms. The topological polar surface area (TPSA) is 38.7 Å². The second-order valence-corrected chi connectivity index (χ2v) is 8.90. The van der Waals surface area contributed by atoms with E-state index in [2.05, 4.69) is 124 Å². The van der Waals surface area contributed by atoms with E-state index in [-0.39, 0.29) is 5.92 Å². The molecule has 0 fully saturated rings. The van der Waals surface area contributed by atoms with Crippen LogP contribution in [0.2, 0.25) is 0 Å². The van der Waals surface area contributed by atoms with Gasteiger partial charge in [0, 0.05) is 43.1 Å².